The molecule has 9 heteroatoms. The number of halogens is 7. The molecule has 0 N–H and O–H groups in total. The van der Waals surface area contributed by atoms with Crippen LogP contribution < -0.4 is 0 Å². The standard InChI is InChI=1S/C7H8BF7O/c1-4(2,3-8)16-7(14,15)5(9,10)6(11,12)13/h3H2,1-2H3. The third kappa shape index (κ3) is 3.02. The van der Waals surface area contributed by atoms with Crippen LogP contribution in [0.2, 0.25) is 6.32 Å². The Morgan fingerprint density at radius 1 is 0.938 bits per heavy atom. The molecule has 0 spiro atoms. The van der Waals surface area contributed by atoms with Crippen LogP contribution in [0.3, 0.4) is 0 Å². The van der Waals surface area contributed by atoms with Gasteiger partial charge in [-0.05, 0) is 13.8 Å². The molecule has 0 amide bonds. The van der Waals surface area contributed by atoms with Gasteiger partial charge in [-0.1, -0.05) is 6.32 Å². The van der Waals surface area contributed by atoms with Gasteiger partial charge in [-0.2, -0.15) is 30.7 Å². The second kappa shape index (κ2) is 4.08. The first-order valence-corrected chi connectivity index (χ1v) is 3.99. The van der Waals surface area contributed by atoms with E-state index in [9.17, 15) is 30.7 Å². The Balaban J connectivity index is 5.07. The fourth-order valence-corrected chi connectivity index (χ4v) is 0.618. The summed E-state index contributed by atoms with van der Waals surface area (Å²) in [7, 11) is 4.88. The third-order valence-corrected chi connectivity index (χ3v) is 1.62. The zero-order valence-electron chi connectivity index (χ0n) is 8.34. The minimum atomic E-state index is -6.40. The van der Waals surface area contributed by atoms with Crippen LogP contribution in [0, 0.1) is 0 Å². The largest absolute Gasteiger partial charge is 0.462 e. The van der Waals surface area contributed by atoms with Crippen molar-refractivity contribution in [3.05, 3.63) is 0 Å². The Bertz CT molecular complexity index is 248. The molecule has 94 valence electrons. The molecule has 0 heterocycles. The van der Waals surface area contributed by atoms with Gasteiger partial charge in [0.1, 0.15) is 0 Å². The van der Waals surface area contributed by atoms with Crippen LogP contribution in [-0.2, 0) is 4.74 Å². The van der Waals surface area contributed by atoms with Crippen molar-refractivity contribution >= 4 is 7.85 Å². The minimum absolute atomic E-state index is 0.642. The molecule has 0 aliphatic carbocycles. The smallest absolute Gasteiger partial charge is 0.310 e. The van der Waals surface area contributed by atoms with Crippen LogP contribution >= 0.6 is 0 Å². The first-order valence-electron chi connectivity index (χ1n) is 3.99. The van der Waals surface area contributed by atoms with Crippen LogP contribution in [0.25, 0.3) is 0 Å². The Morgan fingerprint density at radius 3 is 1.56 bits per heavy atom. The van der Waals surface area contributed by atoms with E-state index in [1.165, 1.54) is 0 Å². The second-order valence-corrected chi connectivity index (χ2v) is 3.65. The van der Waals surface area contributed by atoms with Gasteiger partial charge in [-0.3, -0.25) is 0 Å². The number of hydrogen-bond acceptors (Lipinski definition) is 1. The lowest BCUT2D eigenvalue weighted by molar-refractivity contribution is -0.438. The highest BCUT2D eigenvalue weighted by molar-refractivity contribution is 6.09. The van der Waals surface area contributed by atoms with E-state index in [0.717, 1.165) is 13.8 Å². The van der Waals surface area contributed by atoms with E-state index in [1.807, 2.05) is 0 Å². The molecule has 16 heavy (non-hydrogen) atoms. The van der Waals surface area contributed by atoms with Crippen molar-refractivity contribution < 1.29 is 35.5 Å². The molecule has 0 aliphatic heterocycles. The lowest BCUT2D eigenvalue weighted by Crippen LogP contribution is -2.55. The normalized spacial score (nSPS) is 15.3. The molecule has 0 saturated heterocycles. The molecule has 1 nitrogen and oxygen atoms in total. The zero-order valence-corrected chi connectivity index (χ0v) is 8.34. The third-order valence-electron chi connectivity index (χ3n) is 1.62. The number of alkyl halides is 7. The van der Waals surface area contributed by atoms with Gasteiger partial charge in [-0.25, -0.2) is 0 Å². The predicted octanol–water partition coefficient (Wildman–Crippen LogP) is 3.16. The molecule has 0 rings (SSSR count). The van der Waals surface area contributed by atoms with Gasteiger partial charge < -0.3 is 4.74 Å². The Hall–Kier alpha value is -0.465. The molecule has 0 atom stereocenters. The van der Waals surface area contributed by atoms with E-state index >= 15 is 0 Å². The summed E-state index contributed by atoms with van der Waals surface area (Å²) in [5.41, 5.74) is -2.00. The molecule has 0 fully saturated rings. The molecule has 0 aromatic heterocycles. The van der Waals surface area contributed by atoms with Crippen LogP contribution in [0.4, 0.5) is 30.7 Å². The highest BCUT2D eigenvalue weighted by Gasteiger charge is 2.75. The van der Waals surface area contributed by atoms with E-state index in [-0.39, 0.29) is 0 Å². The molecule has 0 saturated carbocycles. The quantitative estimate of drug-likeness (QED) is 0.551. The first kappa shape index (κ1) is 15.5. The van der Waals surface area contributed by atoms with Crippen LogP contribution in [0.15, 0.2) is 0 Å². The van der Waals surface area contributed by atoms with Crippen LogP contribution in [0.5, 0.6) is 0 Å². The molecular weight excluding hydrogens is 244 g/mol. The van der Waals surface area contributed by atoms with Gasteiger partial charge >= 0.3 is 18.2 Å². The summed E-state index contributed by atoms with van der Waals surface area (Å²) in [6, 6.07) is 0. The number of ether oxygens (including phenoxy) is 1. The average molecular weight is 252 g/mol. The topological polar surface area (TPSA) is 9.23 Å². The van der Waals surface area contributed by atoms with Crippen LogP contribution in [0.1, 0.15) is 13.8 Å². The highest BCUT2D eigenvalue weighted by atomic mass is 19.4. The van der Waals surface area contributed by atoms with Gasteiger partial charge in [-0.15, -0.1) is 0 Å². The van der Waals surface area contributed by atoms with Crippen molar-refractivity contribution in [2.75, 3.05) is 0 Å². The highest BCUT2D eigenvalue weighted by Crippen LogP contribution is 2.48. The van der Waals surface area contributed by atoms with Gasteiger partial charge in [0.2, 0.25) is 0 Å². The fourth-order valence-electron chi connectivity index (χ4n) is 0.618. The molecule has 0 aliphatic rings. The average Bonchev–Trinajstić information content (AvgIpc) is 2.00. The summed E-state index contributed by atoms with van der Waals surface area (Å²) in [4.78, 5) is 0. The lowest BCUT2D eigenvalue weighted by atomic mass is 9.90. The van der Waals surface area contributed by atoms with Crippen LogP contribution in [-0.4, -0.2) is 31.7 Å². The molecular formula is C7H8BF7O. The summed E-state index contributed by atoms with van der Waals surface area (Å²) in [5.74, 6) is -6.27. The Labute approximate surface area is 88.4 Å². The molecule has 0 unspecified atom stereocenters. The summed E-state index contributed by atoms with van der Waals surface area (Å²) in [5, 5.41) is 0. The molecule has 0 aromatic rings. The van der Waals surface area contributed by atoms with E-state index in [0.29, 0.717) is 0 Å². The Morgan fingerprint density at radius 2 is 1.31 bits per heavy atom. The van der Waals surface area contributed by atoms with Gasteiger partial charge in [0.15, 0.2) is 0 Å². The van der Waals surface area contributed by atoms with Gasteiger partial charge in [0, 0.05) is 0 Å². The van der Waals surface area contributed by atoms with Crippen molar-refractivity contribution in [3.8, 4) is 0 Å². The summed E-state index contributed by atoms with van der Waals surface area (Å²) in [6.07, 6.45) is -12.7. The zero-order chi connectivity index (χ0) is 13.4. The number of hydrogen-bond donors (Lipinski definition) is 0. The maximum Gasteiger partial charge on any atom is 0.462 e. The summed E-state index contributed by atoms with van der Waals surface area (Å²) in [6.45, 7) is 1.74. The monoisotopic (exact) mass is 252 g/mol. The fraction of sp³-hybridized carbons (Fsp3) is 1.00. The maximum absolute atomic E-state index is 12.6. The van der Waals surface area contributed by atoms with E-state index in [1.54, 1.807) is 0 Å². The summed E-state index contributed by atoms with van der Waals surface area (Å²) < 4.78 is 88.4. The second-order valence-electron chi connectivity index (χ2n) is 3.65. The van der Waals surface area contributed by atoms with Crippen molar-refractivity contribution in [1.82, 2.24) is 0 Å². The van der Waals surface area contributed by atoms with Crippen molar-refractivity contribution in [2.45, 2.75) is 44.0 Å². The SMILES string of the molecule is [B]CC(C)(C)OC(F)(F)C(F)(F)C(F)(F)F. The molecule has 0 aromatic carbocycles. The first-order chi connectivity index (χ1) is 6.77. The number of rotatable bonds is 4. The molecule has 2 radical (unpaired) electrons. The van der Waals surface area contributed by atoms with Crippen molar-refractivity contribution in [2.24, 2.45) is 0 Å². The van der Waals surface area contributed by atoms with Crippen molar-refractivity contribution in [3.63, 3.8) is 0 Å². The van der Waals surface area contributed by atoms with E-state index in [2.05, 4.69) is 4.74 Å². The van der Waals surface area contributed by atoms with E-state index < -0.39 is 30.1 Å². The van der Waals surface area contributed by atoms with Gasteiger partial charge in [0.05, 0.1) is 13.4 Å². The predicted molar refractivity (Wildman–Crippen MR) is 41.7 cm³/mol. The van der Waals surface area contributed by atoms with Crippen molar-refractivity contribution in [1.29, 1.82) is 0 Å². The lowest BCUT2D eigenvalue weighted by Gasteiger charge is -2.34. The summed E-state index contributed by atoms with van der Waals surface area (Å²) >= 11 is 0. The van der Waals surface area contributed by atoms with Gasteiger partial charge in [0.25, 0.3) is 0 Å². The Kier molecular flexibility index (Phi) is 3.97. The maximum atomic E-state index is 12.6. The minimum Gasteiger partial charge on any atom is -0.310 e. The molecule has 0 bridgehead atoms. The van der Waals surface area contributed by atoms with E-state index in [4.69, 9.17) is 7.85 Å².